The summed E-state index contributed by atoms with van der Waals surface area (Å²) >= 11 is 1.18. The molecule has 0 atom stereocenters. The highest BCUT2D eigenvalue weighted by Gasteiger charge is 2.14. The highest BCUT2D eigenvalue weighted by molar-refractivity contribution is 7.90. The minimum Gasteiger partial charge on any atom is -0.473 e. The topological polar surface area (TPSA) is 111 Å². The summed E-state index contributed by atoms with van der Waals surface area (Å²) in [5.74, 6) is -0.189. The van der Waals surface area contributed by atoms with Crippen molar-refractivity contribution in [3.8, 4) is 5.88 Å². The van der Waals surface area contributed by atoms with E-state index >= 15 is 0 Å². The molecule has 2 aromatic carbocycles. The van der Waals surface area contributed by atoms with Crippen molar-refractivity contribution in [2.75, 3.05) is 11.6 Å². The van der Waals surface area contributed by atoms with Crippen LogP contribution in [0.15, 0.2) is 65.8 Å². The number of nitrogens with one attached hydrogen (secondary N) is 1. The van der Waals surface area contributed by atoms with Gasteiger partial charge >= 0.3 is 0 Å². The van der Waals surface area contributed by atoms with Gasteiger partial charge in [-0.25, -0.2) is 23.4 Å². The van der Waals surface area contributed by atoms with E-state index in [-0.39, 0.29) is 16.5 Å². The van der Waals surface area contributed by atoms with Crippen LogP contribution in [0.3, 0.4) is 0 Å². The Morgan fingerprint density at radius 2 is 1.90 bits per heavy atom. The van der Waals surface area contributed by atoms with E-state index in [0.717, 1.165) is 11.8 Å². The Labute approximate surface area is 176 Å². The molecule has 0 saturated heterocycles. The largest absolute Gasteiger partial charge is 0.473 e. The van der Waals surface area contributed by atoms with Crippen LogP contribution in [0.5, 0.6) is 5.88 Å². The van der Waals surface area contributed by atoms with Gasteiger partial charge in [0, 0.05) is 12.3 Å². The number of thiazole rings is 1. The van der Waals surface area contributed by atoms with E-state index < -0.39 is 15.7 Å². The van der Waals surface area contributed by atoms with Crippen molar-refractivity contribution in [3.63, 3.8) is 0 Å². The first-order valence-electron chi connectivity index (χ1n) is 8.79. The van der Waals surface area contributed by atoms with E-state index in [1.165, 1.54) is 35.9 Å². The normalized spacial score (nSPS) is 11.4. The van der Waals surface area contributed by atoms with Crippen LogP contribution in [0.1, 0.15) is 16.1 Å². The van der Waals surface area contributed by atoms with Crippen LogP contribution in [0.4, 0.5) is 5.13 Å². The summed E-state index contributed by atoms with van der Waals surface area (Å²) in [5, 5.41) is 3.02. The van der Waals surface area contributed by atoms with Crippen LogP contribution in [0.25, 0.3) is 10.2 Å². The Morgan fingerprint density at radius 1 is 1.10 bits per heavy atom. The van der Waals surface area contributed by atoms with Crippen molar-refractivity contribution < 1.29 is 17.9 Å². The zero-order chi connectivity index (χ0) is 21.1. The lowest BCUT2D eigenvalue weighted by molar-refractivity contribution is 0.102. The number of hydrogen-bond acceptors (Lipinski definition) is 8. The lowest BCUT2D eigenvalue weighted by atomic mass is 10.2. The molecule has 30 heavy (non-hydrogen) atoms. The Bertz CT molecular complexity index is 1320. The second-order valence-electron chi connectivity index (χ2n) is 6.39. The molecule has 0 fully saturated rings. The summed E-state index contributed by atoms with van der Waals surface area (Å²) in [4.78, 5) is 25.1. The van der Waals surface area contributed by atoms with Crippen LogP contribution in [0, 0.1) is 0 Å². The number of sulfone groups is 1. The molecule has 0 unspecified atom stereocenters. The van der Waals surface area contributed by atoms with Gasteiger partial charge in [0.05, 0.1) is 15.1 Å². The third-order valence-corrected chi connectivity index (χ3v) is 6.16. The number of ether oxygens (including phenoxy) is 1. The van der Waals surface area contributed by atoms with Gasteiger partial charge in [-0.15, -0.1) is 0 Å². The lowest BCUT2D eigenvalue weighted by Crippen LogP contribution is -2.14. The maximum absolute atomic E-state index is 12.6. The summed E-state index contributed by atoms with van der Waals surface area (Å²) < 4.78 is 29.7. The zero-order valence-corrected chi connectivity index (χ0v) is 17.4. The quantitative estimate of drug-likeness (QED) is 0.489. The van der Waals surface area contributed by atoms with Crippen LogP contribution < -0.4 is 10.1 Å². The second-order valence-corrected chi connectivity index (χ2v) is 9.44. The molecule has 0 aliphatic carbocycles. The number of rotatable bonds is 6. The number of nitrogens with zero attached hydrogens (tertiary/aromatic N) is 3. The van der Waals surface area contributed by atoms with Gasteiger partial charge in [0.1, 0.15) is 18.6 Å². The Balaban J connectivity index is 1.48. The molecule has 4 rings (SSSR count). The van der Waals surface area contributed by atoms with Crippen LogP contribution in [-0.4, -0.2) is 35.5 Å². The number of fused-ring (bicyclic) bond motifs is 1. The molecule has 0 bridgehead atoms. The predicted molar refractivity (Wildman–Crippen MR) is 113 cm³/mol. The highest BCUT2D eigenvalue weighted by Crippen LogP contribution is 2.28. The number of aromatic nitrogens is 3. The molecule has 10 heteroatoms. The SMILES string of the molecule is CS(=O)(=O)c1ccc2nc(NC(=O)c3cc(OCc4ccccc4)ncn3)sc2c1. The fraction of sp³-hybridized carbons (Fsp3) is 0.100. The maximum atomic E-state index is 12.6. The summed E-state index contributed by atoms with van der Waals surface area (Å²) in [5.41, 5.74) is 1.70. The molecule has 1 amide bonds. The van der Waals surface area contributed by atoms with Gasteiger partial charge in [-0.05, 0) is 23.8 Å². The number of carbonyl (C=O) groups is 1. The van der Waals surface area contributed by atoms with Crippen molar-refractivity contribution in [2.45, 2.75) is 11.5 Å². The standard InChI is InChI=1S/C20H16N4O4S2/c1-30(26,27)14-7-8-15-17(9-14)29-20(23-15)24-19(25)16-10-18(22-12-21-16)28-11-13-5-3-2-4-6-13/h2-10,12H,11H2,1H3,(H,23,24,25). The molecule has 0 saturated carbocycles. The number of hydrogen-bond donors (Lipinski definition) is 1. The Kier molecular flexibility index (Phi) is 5.42. The summed E-state index contributed by atoms with van der Waals surface area (Å²) in [6, 6.07) is 15.7. The molecular formula is C20H16N4O4S2. The third-order valence-electron chi connectivity index (χ3n) is 4.11. The first kappa shape index (κ1) is 19.9. The average Bonchev–Trinajstić information content (AvgIpc) is 3.14. The third kappa shape index (κ3) is 4.61. The van der Waals surface area contributed by atoms with E-state index in [1.807, 2.05) is 30.3 Å². The Morgan fingerprint density at radius 3 is 2.67 bits per heavy atom. The highest BCUT2D eigenvalue weighted by atomic mass is 32.2. The van der Waals surface area contributed by atoms with Gasteiger partial charge in [-0.2, -0.15) is 0 Å². The van der Waals surface area contributed by atoms with Crippen LogP contribution in [0.2, 0.25) is 0 Å². The summed E-state index contributed by atoms with van der Waals surface area (Å²) in [6.45, 7) is 0.319. The Hall–Kier alpha value is -3.37. The minimum absolute atomic E-state index is 0.129. The van der Waals surface area contributed by atoms with E-state index in [1.54, 1.807) is 6.07 Å². The van der Waals surface area contributed by atoms with Gasteiger partial charge in [0.25, 0.3) is 5.91 Å². The molecule has 0 aliphatic heterocycles. The van der Waals surface area contributed by atoms with Gasteiger partial charge < -0.3 is 4.74 Å². The van der Waals surface area contributed by atoms with Crippen molar-refractivity contribution in [1.82, 2.24) is 15.0 Å². The van der Waals surface area contributed by atoms with E-state index in [2.05, 4.69) is 20.3 Å². The van der Waals surface area contributed by atoms with Gasteiger partial charge in [0.2, 0.25) is 5.88 Å². The van der Waals surface area contributed by atoms with Crippen molar-refractivity contribution in [2.24, 2.45) is 0 Å². The number of carbonyl (C=O) groups excluding carboxylic acids is 1. The number of amides is 1. The van der Waals surface area contributed by atoms with Gasteiger partial charge in [0.15, 0.2) is 15.0 Å². The molecule has 8 nitrogen and oxygen atoms in total. The predicted octanol–water partition coefficient (Wildman–Crippen LogP) is 3.32. The monoisotopic (exact) mass is 440 g/mol. The van der Waals surface area contributed by atoms with E-state index in [0.29, 0.717) is 22.0 Å². The maximum Gasteiger partial charge on any atom is 0.276 e. The molecule has 2 heterocycles. The van der Waals surface area contributed by atoms with Crippen molar-refractivity contribution >= 4 is 42.4 Å². The number of benzene rings is 2. The van der Waals surface area contributed by atoms with Crippen molar-refractivity contribution in [1.29, 1.82) is 0 Å². The average molecular weight is 441 g/mol. The molecular weight excluding hydrogens is 424 g/mol. The summed E-state index contributed by atoms with van der Waals surface area (Å²) in [7, 11) is -3.32. The van der Waals surface area contributed by atoms with E-state index in [9.17, 15) is 13.2 Å². The molecule has 0 aliphatic rings. The zero-order valence-electron chi connectivity index (χ0n) is 15.8. The first-order valence-corrected chi connectivity index (χ1v) is 11.5. The molecule has 2 aromatic heterocycles. The molecule has 4 aromatic rings. The fourth-order valence-corrected chi connectivity index (χ4v) is 4.25. The molecule has 1 N–H and O–H groups in total. The van der Waals surface area contributed by atoms with Crippen LogP contribution in [-0.2, 0) is 16.4 Å². The first-order chi connectivity index (χ1) is 14.4. The second kappa shape index (κ2) is 8.17. The molecule has 152 valence electrons. The molecule has 0 radical (unpaired) electrons. The fourth-order valence-electron chi connectivity index (χ4n) is 2.62. The number of anilines is 1. The van der Waals surface area contributed by atoms with Gasteiger partial charge in [-0.3, -0.25) is 10.1 Å². The minimum atomic E-state index is -3.32. The van der Waals surface area contributed by atoms with Crippen molar-refractivity contribution in [3.05, 3.63) is 72.2 Å². The smallest absolute Gasteiger partial charge is 0.276 e. The van der Waals surface area contributed by atoms with E-state index in [4.69, 9.17) is 4.74 Å². The summed E-state index contributed by atoms with van der Waals surface area (Å²) in [6.07, 6.45) is 2.40. The molecule has 0 spiro atoms. The van der Waals surface area contributed by atoms with Crippen LogP contribution >= 0.6 is 11.3 Å². The lowest BCUT2D eigenvalue weighted by Gasteiger charge is -2.06. The van der Waals surface area contributed by atoms with Gasteiger partial charge in [-0.1, -0.05) is 41.7 Å².